The van der Waals surface area contributed by atoms with E-state index in [-0.39, 0.29) is 6.10 Å². The van der Waals surface area contributed by atoms with Gasteiger partial charge in [-0.1, -0.05) is 0 Å². The van der Waals surface area contributed by atoms with Gasteiger partial charge < -0.3 is 47.4 Å². The first-order valence-electron chi connectivity index (χ1n) is 12.8. The van der Waals surface area contributed by atoms with Crippen LogP contribution in [-0.4, -0.2) is 92.5 Å². The van der Waals surface area contributed by atoms with E-state index >= 15 is 0 Å². The van der Waals surface area contributed by atoms with Gasteiger partial charge in [0.2, 0.25) is 0 Å². The van der Waals surface area contributed by atoms with E-state index in [2.05, 4.69) is 0 Å². The first-order chi connectivity index (χ1) is 19.3. The first-order valence-corrected chi connectivity index (χ1v) is 15.3. The van der Waals surface area contributed by atoms with Gasteiger partial charge in [0.05, 0.1) is 65.8 Å². The van der Waals surface area contributed by atoms with Crippen LogP contribution in [0.3, 0.4) is 0 Å². The molecule has 6 rings (SSSR count). The molecule has 0 saturated carbocycles. The van der Waals surface area contributed by atoms with Crippen LogP contribution < -0.4 is 28.4 Å². The highest BCUT2D eigenvalue weighted by molar-refractivity contribution is 7.27. The summed E-state index contributed by atoms with van der Waals surface area (Å²) < 4.78 is 58.2. The molecule has 13 heteroatoms. The molecule has 0 amide bonds. The van der Waals surface area contributed by atoms with Crippen LogP contribution in [-0.2, 0) is 18.9 Å². The lowest BCUT2D eigenvalue weighted by atomic mass is 10.2. The van der Waals surface area contributed by atoms with Gasteiger partial charge in [0.1, 0.15) is 33.0 Å². The monoisotopic (exact) mass is 598 g/mol. The van der Waals surface area contributed by atoms with Crippen LogP contribution in [0.25, 0.3) is 19.5 Å². The van der Waals surface area contributed by atoms with Crippen LogP contribution in [0.4, 0.5) is 0 Å². The van der Waals surface area contributed by atoms with Crippen LogP contribution in [0.5, 0.6) is 34.5 Å². The number of methoxy groups -OCH3 is 1. The molecule has 0 spiro atoms. The average Bonchev–Trinajstić information content (AvgIpc) is 3.69. The summed E-state index contributed by atoms with van der Waals surface area (Å²) in [5.41, 5.74) is 0. The molecule has 3 aromatic heterocycles. The fraction of sp³-hybridized carbons (Fsp3) is 0.538. The summed E-state index contributed by atoms with van der Waals surface area (Å²) in [6.07, 6.45) is -0.263. The van der Waals surface area contributed by atoms with Gasteiger partial charge in [-0.05, 0) is 0 Å². The van der Waals surface area contributed by atoms with E-state index in [1.165, 1.54) is 0 Å². The Morgan fingerprint density at radius 3 is 1.85 bits per heavy atom. The molecule has 0 N–H and O–H groups in total. The standard InChI is InChI=1S/C26H30O10S3/c1-27-2-3-28-4-5-29-6-7-30-12-16-13-35-21-22(36-16)26(24-20-18(15-38-24)32-9-11-34-20)39-25(21)23-19-17(14-37-23)31-8-10-33-19/h14-16H,2-13H2,1H3. The van der Waals surface area contributed by atoms with Gasteiger partial charge in [-0.25, -0.2) is 0 Å². The smallest absolute Gasteiger partial charge is 0.182 e. The summed E-state index contributed by atoms with van der Waals surface area (Å²) in [6, 6.07) is 0. The summed E-state index contributed by atoms with van der Waals surface area (Å²) in [7, 11) is 1.65. The molecule has 0 saturated heterocycles. The predicted molar refractivity (Wildman–Crippen MR) is 147 cm³/mol. The van der Waals surface area contributed by atoms with Gasteiger partial charge >= 0.3 is 0 Å². The zero-order valence-electron chi connectivity index (χ0n) is 21.5. The molecular formula is C26H30O10S3. The van der Waals surface area contributed by atoms with Crippen molar-refractivity contribution in [3.8, 4) is 54.0 Å². The highest BCUT2D eigenvalue weighted by Crippen LogP contribution is 2.61. The molecule has 3 aliphatic rings. The summed E-state index contributed by atoms with van der Waals surface area (Å²) in [6.45, 7) is 5.98. The van der Waals surface area contributed by atoms with Gasteiger partial charge in [0.25, 0.3) is 0 Å². The number of hydrogen-bond donors (Lipinski definition) is 0. The van der Waals surface area contributed by atoms with Gasteiger partial charge in [-0.15, -0.1) is 34.0 Å². The van der Waals surface area contributed by atoms with E-state index in [9.17, 15) is 0 Å². The van der Waals surface area contributed by atoms with E-state index in [1.807, 2.05) is 10.8 Å². The molecule has 3 aliphatic heterocycles. The maximum atomic E-state index is 6.51. The molecule has 0 aliphatic carbocycles. The third-order valence-electron chi connectivity index (χ3n) is 6.02. The number of hydrogen-bond acceptors (Lipinski definition) is 13. The topological polar surface area (TPSA) is 92.3 Å². The van der Waals surface area contributed by atoms with Crippen LogP contribution in [0.2, 0.25) is 0 Å². The van der Waals surface area contributed by atoms with Crippen molar-refractivity contribution in [1.82, 2.24) is 0 Å². The molecular weight excluding hydrogens is 568 g/mol. The summed E-state index contributed by atoms with van der Waals surface area (Å²) >= 11 is 4.75. The third-order valence-corrected chi connectivity index (χ3v) is 9.38. The predicted octanol–water partition coefficient (Wildman–Crippen LogP) is 4.58. The second-order valence-corrected chi connectivity index (χ2v) is 11.5. The molecule has 3 aromatic rings. The van der Waals surface area contributed by atoms with Gasteiger partial charge in [0, 0.05) is 17.9 Å². The van der Waals surface area contributed by atoms with Crippen molar-refractivity contribution in [1.29, 1.82) is 0 Å². The van der Waals surface area contributed by atoms with Crippen LogP contribution in [0.15, 0.2) is 10.8 Å². The lowest BCUT2D eigenvalue weighted by Crippen LogP contribution is -2.33. The Balaban J connectivity index is 1.15. The largest absolute Gasteiger partial charge is 0.485 e. The number of rotatable bonds is 13. The fourth-order valence-corrected chi connectivity index (χ4v) is 7.56. The van der Waals surface area contributed by atoms with E-state index in [0.29, 0.717) is 90.8 Å². The van der Waals surface area contributed by atoms with Gasteiger partial charge in [-0.3, -0.25) is 0 Å². The lowest BCUT2D eigenvalue weighted by Gasteiger charge is -2.26. The Bertz CT molecular complexity index is 1240. The zero-order chi connectivity index (χ0) is 26.4. The van der Waals surface area contributed by atoms with E-state index < -0.39 is 0 Å². The summed E-state index contributed by atoms with van der Waals surface area (Å²) in [5, 5.41) is 3.96. The highest BCUT2D eigenvalue weighted by Gasteiger charge is 2.36. The number of thiophene rings is 3. The second-order valence-electron chi connectivity index (χ2n) is 8.67. The van der Waals surface area contributed by atoms with Crippen LogP contribution in [0.1, 0.15) is 0 Å². The molecule has 1 atom stereocenters. The van der Waals surface area contributed by atoms with Crippen molar-refractivity contribution < 1.29 is 47.4 Å². The minimum Gasteiger partial charge on any atom is -0.485 e. The van der Waals surface area contributed by atoms with Crippen LogP contribution >= 0.6 is 34.0 Å². The molecule has 10 nitrogen and oxygen atoms in total. The quantitative estimate of drug-likeness (QED) is 0.260. The molecule has 6 heterocycles. The van der Waals surface area contributed by atoms with Gasteiger partial charge in [-0.2, -0.15) is 0 Å². The second kappa shape index (κ2) is 12.9. The fourth-order valence-electron chi connectivity index (χ4n) is 4.23. The van der Waals surface area contributed by atoms with E-state index in [1.54, 1.807) is 41.1 Å². The average molecular weight is 599 g/mol. The molecule has 1 unspecified atom stereocenters. The maximum absolute atomic E-state index is 6.51. The molecule has 0 fully saturated rings. The Hall–Kier alpha value is -2.26. The summed E-state index contributed by atoms with van der Waals surface area (Å²) in [4.78, 5) is 3.83. The lowest BCUT2D eigenvalue weighted by molar-refractivity contribution is -0.0228. The normalized spacial score (nSPS) is 17.4. The van der Waals surface area contributed by atoms with E-state index in [4.69, 9.17) is 47.4 Å². The minimum atomic E-state index is -0.263. The molecule has 0 radical (unpaired) electrons. The van der Waals surface area contributed by atoms with Crippen molar-refractivity contribution in [2.45, 2.75) is 6.10 Å². The van der Waals surface area contributed by atoms with Crippen molar-refractivity contribution in [3.05, 3.63) is 10.8 Å². The van der Waals surface area contributed by atoms with Crippen molar-refractivity contribution in [3.63, 3.8) is 0 Å². The van der Waals surface area contributed by atoms with Gasteiger partial charge in [0.15, 0.2) is 40.6 Å². The van der Waals surface area contributed by atoms with Crippen LogP contribution in [0, 0.1) is 0 Å². The number of ether oxygens (including phenoxy) is 10. The molecule has 0 aromatic carbocycles. The SMILES string of the molecule is COCCOCCOCCOCC1COc2c(-c3scc4c3OCCO4)sc(-c3scc4c3OCCO4)c2O1. The Morgan fingerprint density at radius 1 is 0.641 bits per heavy atom. The molecule has 212 valence electrons. The van der Waals surface area contributed by atoms with E-state index in [0.717, 1.165) is 42.5 Å². The Kier molecular flexibility index (Phi) is 8.94. The van der Waals surface area contributed by atoms with Crippen molar-refractivity contribution in [2.75, 3.05) is 86.4 Å². The molecule has 0 bridgehead atoms. The number of fused-ring (bicyclic) bond motifs is 3. The Labute approximate surface area is 238 Å². The Morgan fingerprint density at radius 2 is 1.21 bits per heavy atom. The van der Waals surface area contributed by atoms with Crippen molar-refractivity contribution in [2.24, 2.45) is 0 Å². The minimum absolute atomic E-state index is 0.263. The maximum Gasteiger partial charge on any atom is 0.182 e. The van der Waals surface area contributed by atoms with Crippen molar-refractivity contribution >= 4 is 34.0 Å². The highest BCUT2D eigenvalue weighted by atomic mass is 32.1. The third kappa shape index (κ3) is 5.94. The first kappa shape index (κ1) is 26.9. The summed E-state index contributed by atoms with van der Waals surface area (Å²) in [5.74, 6) is 4.43. The zero-order valence-corrected chi connectivity index (χ0v) is 24.0. The molecule has 39 heavy (non-hydrogen) atoms.